The lowest BCUT2D eigenvalue weighted by Gasteiger charge is -2.17. The van der Waals surface area contributed by atoms with Gasteiger partial charge in [0, 0.05) is 23.6 Å². The van der Waals surface area contributed by atoms with Crippen molar-refractivity contribution in [2.45, 2.75) is 31.3 Å². The van der Waals surface area contributed by atoms with E-state index in [1.807, 2.05) is 0 Å². The van der Waals surface area contributed by atoms with E-state index >= 15 is 0 Å². The van der Waals surface area contributed by atoms with Crippen LogP contribution in [-0.2, 0) is 36.4 Å². The van der Waals surface area contributed by atoms with Crippen molar-refractivity contribution in [3.8, 4) is 23.0 Å². The quantitative estimate of drug-likeness (QED) is 0.381. The second kappa shape index (κ2) is 9.95. The van der Waals surface area contributed by atoms with Gasteiger partial charge in [0.25, 0.3) is 0 Å². The number of nitrogens with zero attached hydrogens (tertiary/aromatic N) is 4. The average Bonchev–Trinajstić information content (AvgIpc) is 3.07. The van der Waals surface area contributed by atoms with Crippen LogP contribution in [0.2, 0.25) is 5.02 Å². The Kier molecular flexibility index (Phi) is 7.82. The van der Waals surface area contributed by atoms with Gasteiger partial charge in [-0.2, -0.15) is 18.3 Å². The van der Waals surface area contributed by atoms with Crippen LogP contribution < -0.4 is 3.71 Å². The number of fused-ring (bicyclic) bond motifs is 1. The number of rotatable bonds is 6. The first kappa shape index (κ1) is 30.7. The molecule has 212 valence electrons. The number of sulfone groups is 1. The van der Waals surface area contributed by atoms with Crippen LogP contribution in [0.4, 0.5) is 19.0 Å². The monoisotopic (exact) mass is 626 g/mol. The third-order valence-electron chi connectivity index (χ3n) is 5.42. The molecule has 0 fully saturated rings. The van der Waals surface area contributed by atoms with Gasteiger partial charge in [-0.05, 0) is 38.0 Å². The van der Waals surface area contributed by atoms with Crippen molar-refractivity contribution < 1.29 is 38.4 Å². The molecule has 0 saturated heterocycles. The maximum absolute atomic E-state index is 13.5. The number of alkyl halides is 3. The van der Waals surface area contributed by atoms with Crippen molar-refractivity contribution in [2.24, 2.45) is 0 Å². The SMILES string of the molecule is CC(C)(C#Cc1ccc(-c2ccc(Cl)c3c(N(S(C)(=O)=O)S(C)(=O)=O)nn(CC(F)(F)F)c23)cn1)S(C)(=O)=O. The first-order valence-electron chi connectivity index (χ1n) is 10.7. The smallest absolute Gasteiger partial charge is 0.253 e. The van der Waals surface area contributed by atoms with Gasteiger partial charge in [0.1, 0.15) is 17.0 Å². The zero-order chi connectivity index (χ0) is 29.8. The fourth-order valence-electron chi connectivity index (χ4n) is 3.40. The highest BCUT2D eigenvalue weighted by molar-refractivity contribution is 8.09. The fourth-order valence-corrected chi connectivity index (χ4v) is 6.73. The van der Waals surface area contributed by atoms with Gasteiger partial charge in [-0.15, -0.1) is 3.71 Å². The highest BCUT2D eigenvalue weighted by atomic mass is 35.5. The normalized spacial score (nSPS) is 13.3. The van der Waals surface area contributed by atoms with Crippen molar-refractivity contribution in [1.82, 2.24) is 14.8 Å². The van der Waals surface area contributed by atoms with Crippen LogP contribution in [0, 0.1) is 11.8 Å². The summed E-state index contributed by atoms with van der Waals surface area (Å²) >= 11 is 6.26. The molecular formula is C22H22ClF3N4O6S3. The third-order valence-corrected chi connectivity index (χ3v) is 10.9. The van der Waals surface area contributed by atoms with Crippen LogP contribution in [0.25, 0.3) is 22.0 Å². The molecule has 3 aromatic rings. The van der Waals surface area contributed by atoms with Crippen molar-refractivity contribution in [1.29, 1.82) is 0 Å². The Labute approximate surface area is 228 Å². The average molecular weight is 627 g/mol. The summed E-state index contributed by atoms with van der Waals surface area (Å²) in [6, 6.07) is 5.46. The first-order valence-corrected chi connectivity index (χ1v) is 16.6. The molecule has 0 bridgehead atoms. The standard InChI is InChI=1S/C22H22ClF3N4O6S3/c1-21(2,37(3,31)32)11-10-15-7-6-14(12-27-15)16-8-9-17(23)18-19(16)29(13-22(24,25)26)28-20(18)30(38(4,33)34)39(5,35)36/h6-9,12H,13H2,1-5H3. The molecule has 10 nitrogen and oxygen atoms in total. The van der Waals surface area contributed by atoms with Crippen molar-refractivity contribution in [3.05, 3.63) is 41.2 Å². The van der Waals surface area contributed by atoms with Crippen LogP contribution >= 0.6 is 11.6 Å². The van der Waals surface area contributed by atoms with E-state index in [-0.39, 0.29) is 36.5 Å². The molecular weight excluding hydrogens is 605 g/mol. The molecule has 39 heavy (non-hydrogen) atoms. The molecule has 0 amide bonds. The number of aromatic nitrogens is 3. The second-order valence-corrected chi connectivity index (χ2v) is 16.0. The van der Waals surface area contributed by atoms with Crippen molar-refractivity contribution in [3.63, 3.8) is 0 Å². The molecule has 0 atom stereocenters. The van der Waals surface area contributed by atoms with Gasteiger partial charge in [0.05, 0.1) is 28.4 Å². The van der Waals surface area contributed by atoms with Gasteiger partial charge in [-0.1, -0.05) is 23.6 Å². The molecule has 0 aliphatic rings. The topological polar surface area (TPSA) is 136 Å². The van der Waals surface area contributed by atoms with E-state index in [1.54, 1.807) is 0 Å². The molecule has 1 aromatic carbocycles. The molecule has 3 rings (SSSR count). The van der Waals surface area contributed by atoms with Crippen LogP contribution in [0.5, 0.6) is 0 Å². The summed E-state index contributed by atoms with van der Waals surface area (Å²) in [5, 5.41) is 3.15. The summed E-state index contributed by atoms with van der Waals surface area (Å²) in [5.41, 5.74) is 0.212. The molecule has 0 radical (unpaired) electrons. The lowest BCUT2D eigenvalue weighted by atomic mass is 10.0. The Morgan fingerprint density at radius 3 is 2.03 bits per heavy atom. The van der Waals surface area contributed by atoms with Gasteiger partial charge in [0.15, 0.2) is 15.7 Å². The van der Waals surface area contributed by atoms with Gasteiger partial charge in [-0.25, -0.2) is 30.2 Å². The maximum Gasteiger partial charge on any atom is 0.408 e. The number of hydrogen-bond donors (Lipinski definition) is 0. The molecule has 17 heteroatoms. The predicted octanol–water partition coefficient (Wildman–Crippen LogP) is 3.21. The van der Waals surface area contributed by atoms with E-state index in [4.69, 9.17) is 11.6 Å². The Balaban J connectivity index is 2.31. The minimum Gasteiger partial charge on any atom is -0.253 e. The fraction of sp³-hybridized carbons (Fsp3) is 0.364. The molecule has 0 N–H and O–H groups in total. The number of pyridine rings is 1. The van der Waals surface area contributed by atoms with Gasteiger partial charge in [-0.3, -0.25) is 4.68 Å². The largest absolute Gasteiger partial charge is 0.408 e. The minimum atomic E-state index is -4.82. The van der Waals surface area contributed by atoms with Gasteiger partial charge >= 0.3 is 6.18 Å². The number of benzene rings is 1. The summed E-state index contributed by atoms with van der Waals surface area (Å²) in [6.07, 6.45) is -1.39. The summed E-state index contributed by atoms with van der Waals surface area (Å²) in [4.78, 5) is 4.14. The van der Waals surface area contributed by atoms with E-state index in [2.05, 4.69) is 21.9 Å². The third kappa shape index (κ3) is 6.65. The Hall–Kier alpha value is -2.87. The summed E-state index contributed by atoms with van der Waals surface area (Å²) in [7, 11) is -12.6. The molecule has 0 saturated carbocycles. The first-order chi connectivity index (χ1) is 17.5. The molecule has 0 unspecified atom stereocenters. The van der Waals surface area contributed by atoms with E-state index in [9.17, 15) is 38.4 Å². The zero-order valence-electron chi connectivity index (χ0n) is 21.1. The number of anilines is 1. The maximum atomic E-state index is 13.5. The van der Waals surface area contributed by atoms with E-state index < -0.39 is 53.2 Å². The number of hydrogen-bond acceptors (Lipinski definition) is 8. The second-order valence-electron chi connectivity index (χ2n) is 9.10. The Morgan fingerprint density at radius 2 is 1.56 bits per heavy atom. The summed E-state index contributed by atoms with van der Waals surface area (Å²) in [6.45, 7) is 1.16. The zero-order valence-corrected chi connectivity index (χ0v) is 24.3. The number of halogens is 4. The van der Waals surface area contributed by atoms with Crippen LogP contribution in [0.15, 0.2) is 30.5 Å². The Morgan fingerprint density at radius 1 is 0.974 bits per heavy atom. The molecule has 2 aromatic heterocycles. The van der Waals surface area contributed by atoms with Crippen LogP contribution in [0.1, 0.15) is 19.5 Å². The summed E-state index contributed by atoms with van der Waals surface area (Å²) < 4.78 is 113. The molecule has 0 aliphatic carbocycles. The van der Waals surface area contributed by atoms with Crippen LogP contribution in [-0.4, -0.2) is 69.7 Å². The van der Waals surface area contributed by atoms with Crippen molar-refractivity contribution >= 4 is 58.2 Å². The van der Waals surface area contributed by atoms with E-state index in [0.717, 1.165) is 6.26 Å². The lowest BCUT2D eigenvalue weighted by Crippen LogP contribution is -2.36. The minimum absolute atomic E-state index is 0.0780. The lowest BCUT2D eigenvalue weighted by molar-refractivity contribution is -0.141. The van der Waals surface area contributed by atoms with Crippen LogP contribution in [0.3, 0.4) is 0 Å². The predicted molar refractivity (Wildman–Crippen MR) is 142 cm³/mol. The highest BCUT2D eigenvalue weighted by Crippen LogP contribution is 2.41. The molecule has 0 aliphatic heterocycles. The van der Waals surface area contributed by atoms with Gasteiger partial charge in [0.2, 0.25) is 20.0 Å². The highest BCUT2D eigenvalue weighted by Gasteiger charge is 2.36. The molecule has 2 heterocycles. The van der Waals surface area contributed by atoms with Gasteiger partial charge < -0.3 is 0 Å². The number of sulfonamides is 2. The van der Waals surface area contributed by atoms with Crippen molar-refractivity contribution in [2.75, 3.05) is 22.5 Å². The van der Waals surface area contributed by atoms with E-state index in [1.165, 1.54) is 44.3 Å². The molecule has 0 spiro atoms. The van der Waals surface area contributed by atoms with E-state index in [0.29, 0.717) is 17.2 Å². The summed E-state index contributed by atoms with van der Waals surface area (Å²) in [5.74, 6) is 4.44. The Bertz CT molecular complexity index is 1810.